The maximum absolute atomic E-state index is 11.6. The fourth-order valence-corrected chi connectivity index (χ4v) is 2.03. The summed E-state index contributed by atoms with van der Waals surface area (Å²) >= 11 is 3.35. The number of ether oxygens (including phenoxy) is 1. The van der Waals surface area contributed by atoms with E-state index < -0.39 is 0 Å². The van der Waals surface area contributed by atoms with Gasteiger partial charge in [-0.1, -0.05) is 18.2 Å². The first-order valence-electron chi connectivity index (χ1n) is 4.67. The third-order valence-electron chi connectivity index (χ3n) is 2.16. The summed E-state index contributed by atoms with van der Waals surface area (Å²) in [6, 6.07) is 7.67. The summed E-state index contributed by atoms with van der Waals surface area (Å²) in [5, 5.41) is 0.896. The van der Waals surface area contributed by atoms with Gasteiger partial charge in [0.1, 0.15) is 0 Å². The van der Waals surface area contributed by atoms with Crippen molar-refractivity contribution in [2.45, 2.75) is 6.92 Å². The first-order chi connectivity index (χ1) is 7.24. The first-order valence-corrected chi connectivity index (χ1v) is 5.38. The van der Waals surface area contributed by atoms with Crippen molar-refractivity contribution in [3.05, 3.63) is 36.0 Å². The lowest BCUT2D eigenvalue weighted by atomic mass is 10.2. The average molecular weight is 305 g/mol. The van der Waals surface area contributed by atoms with E-state index in [2.05, 4.69) is 16.1 Å². The Bertz CT molecular complexity index is 510. The largest absolute Gasteiger partial charge is 0.462 e. The molecule has 86 valence electrons. The van der Waals surface area contributed by atoms with Crippen molar-refractivity contribution >= 4 is 45.4 Å². The minimum absolute atomic E-state index is 0. The van der Waals surface area contributed by atoms with Crippen molar-refractivity contribution in [1.29, 1.82) is 0 Å². The van der Waals surface area contributed by atoms with Crippen LogP contribution in [0.3, 0.4) is 0 Å². The molecule has 1 aromatic carbocycles. The Labute approximate surface area is 108 Å². The second-order valence-corrected chi connectivity index (χ2v) is 3.86. The summed E-state index contributed by atoms with van der Waals surface area (Å²) in [4.78, 5) is 11.6. The predicted molar refractivity (Wildman–Crippen MR) is 69.5 cm³/mol. The van der Waals surface area contributed by atoms with Crippen LogP contribution < -0.4 is 0 Å². The number of para-hydroxylation sites is 1. The molecule has 0 unspecified atom stereocenters. The Kier molecular flexibility index (Phi) is 4.38. The van der Waals surface area contributed by atoms with Gasteiger partial charge in [-0.15, -0.1) is 12.4 Å². The zero-order valence-electron chi connectivity index (χ0n) is 8.64. The van der Waals surface area contributed by atoms with Crippen LogP contribution in [0.15, 0.2) is 30.5 Å². The van der Waals surface area contributed by atoms with Gasteiger partial charge in [-0.05, 0) is 13.0 Å². The van der Waals surface area contributed by atoms with E-state index in [1.54, 1.807) is 16.7 Å². The zero-order valence-corrected chi connectivity index (χ0v) is 11.0. The van der Waals surface area contributed by atoms with Gasteiger partial charge in [-0.2, -0.15) is 0 Å². The Balaban J connectivity index is 0.00000128. The quantitative estimate of drug-likeness (QED) is 0.796. The maximum atomic E-state index is 11.6. The SMILES string of the molecule is CCOC(=O)c1cn(Br)c2ccccc12.Cl. The number of hydrogen-bond donors (Lipinski definition) is 0. The highest BCUT2D eigenvalue weighted by Crippen LogP contribution is 2.23. The minimum atomic E-state index is -0.285. The van der Waals surface area contributed by atoms with Gasteiger partial charge in [-0.25, -0.2) is 4.79 Å². The van der Waals surface area contributed by atoms with E-state index >= 15 is 0 Å². The van der Waals surface area contributed by atoms with Gasteiger partial charge in [0.25, 0.3) is 0 Å². The van der Waals surface area contributed by atoms with Crippen molar-refractivity contribution in [2.24, 2.45) is 0 Å². The number of hydrogen-bond acceptors (Lipinski definition) is 2. The number of benzene rings is 1. The number of aromatic nitrogens is 1. The second-order valence-electron chi connectivity index (χ2n) is 3.09. The van der Waals surface area contributed by atoms with E-state index in [1.165, 1.54) is 0 Å². The molecule has 2 aromatic rings. The monoisotopic (exact) mass is 303 g/mol. The Hall–Kier alpha value is -1.00. The van der Waals surface area contributed by atoms with Gasteiger partial charge < -0.3 is 4.74 Å². The lowest BCUT2D eigenvalue weighted by Crippen LogP contribution is -2.03. The highest BCUT2D eigenvalue weighted by molar-refractivity contribution is 9.08. The molecule has 0 radical (unpaired) electrons. The lowest BCUT2D eigenvalue weighted by molar-refractivity contribution is 0.0528. The van der Waals surface area contributed by atoms with E-state index in [0.717, 1.165) is 10.9 Å². The molecule has 5 heteroatoms. The van der Waals surface area contributed by atoms with Crippen molar-refractivity contribution in [3.63, 3.8) is 0 Å². The first kappa shape index (κ1) is 13.1. The summed E-state index contributed by atoms with van der Waals surface area (Å²) in [5.41, 5.74) is 1.55. The highest BCUT2D eigenvalue weighted by atomic mass is 79.9. The molecule has 0 aliphatic rings. The van der Waals surface area contributed by atoms with E-state index in [1.807, 2.05) is 24.3 Å². The Morgan fingerprint density at radius 1 is 1.44 bits per heavy atom. The summed E-state index contributed by atoms with van der Waals surface area (Å²) in [5.74, 6) is -0.285. The van der Waals surface area contributed by atoms with Crippen LogP contribution in [0.4, 0.5) is 0 Å². The molecule has 0 N–H and O–H groups in total. The van der Waals surface area contributed by atoms with Gasteiger partial charge in [0.15, 0.2) is 0 Å². The van der Waals surface area contributed by atoms with Gasteiger partial charge in [-0.3, -0.25) is 3.59 Å². The Morgan fingerprint density at radius 2 is 2.12 bits per heavy atom. The van der Waals surface area contributed by atoms with Crippen LogP contribution in [0.1, 0.15) is 17.3 Å². The molecular formula is C11H11BrClNO2. The molecule has 0 atom stereocenters. The average Bonchev–Trinajstić information content (AvgIpc) is 2.58. The van der Waals surface area contributed by atoms with Crippen LogP contribution in [-0.2, 0) is 4.74 Å². The molecule has 1 heterocycles. The standard InChI is InChI=1S/C11H10BrNO2.ClH/c1-2-15-11(14)9-7-13(12)10-6-4-3-5-8(9)10;/h3-7H,2H2,1H3;1H. The molecule has 0 saturated carbocycles. The molecule has 0 spiro atoms. The Morgan fingerprint density at radius 3 is 2.81 bits per heavy atom. The molecular weight excluding hydrogens is 293 g/mol. The molecule has 0 aliphatic carbocycles. The van der Waals surface area contributed by atoms with E-state index in [-0.39, 0.29) is 18.4 Å². The van der Waals surface area contributed by atoms with Gasteiger partial charge in [0, 0.05) is 11.6 Å². The lowest BCUT2D eigenvalue weighted by Gasteiger charge is -1.98. The van der Waals surface area contributed by atoms with Crippen molar-refractivity contribution in [3.8, 4) is 0 Å². The molecule has 0 aliphatic heterocycles. The number of carbonyl (C=O) groups is 1. The van der Waals surface area contributed by atoms with Crippen LogP contribution in [0.25, 0.3) is 10.9 Å². The van der Waals surface area contributed by atoms with Crippen LogP contribution in [0.2, 0.25) is 0 Å². The normalized spacial score (nSPS) is 9.88. The molecule has 3 nitrogen and oxygen atoms in total. The molecule has 1 aromatic heterocycles. The number of halogens is 2. The number of fused-ring (bicyclic) bond motifs is 1. The van der Waals surface area contributed by atoms with Crippen LogP contribution in [-0.4, -0.2) is 16.2 Å². The van der Waals surface area contributed by atoms with E-state index in [0.29, 0.717) is 12.2 Å². The maximum Gasteiger partial charge on any atom is 0.340 e. The molecule has 0 amide bonds. The van der Waals surface area contributed by atoms with Crippen LogP contribution in [0, 0.1) is 0 Å². The van der Waals surface area contributed by atoms with Gasteiger partial charge >= 0.3 is 5.97 Å². The fraction of sp³-hybridized carbons (Fsp3) is 0.182. The summed E-state index contributed by atoms with van der Waals surface area (Å²) in [7, 11) is 0. The summed E-state index contributed by atoms with van der Waals surface area (Å²) in [6.07, 6.45) is 1.72. The molecule has 2 rings (SSSR count). The molecule has 0 bridgehead atoms. The number of nitrogens with zero attached hydrogens (tertiary/aromatic N) is 1. The number of rotatable bonds is 2. The van der Waals surface area contributed by atoms with Gasteiger partial charge in [0.2, 0.25) is 0 Å². The molecule has 0 fully saturated rings. The topological polar surface area (TPSA) is 31.2 Å². The van der Waals surface area contributed by atoms with Crippen molar-refractivity contribution in [2.75, 3.05) is 6.61 Å². The smallest absolute Gasteiger partial charge is 0.340 e. The van der Waals surface area contributed by atoms with E-state index in [4.69, 9.17) is 4.74 Å². The third-order valence-corrected chi connectivity index (χ3v) is 2.75. The van der Waals surface area contributed by atoms with Crippen LogP contribution in [0.5, 0.6) is 0 Å². The number of esters is 1. The minimum Gasteiger partial charge on any atom is -0.462 e. The predicted octanol–water partition coefficient (Wildman–Crippen LogP) is 3.40. The second kappa shape index (κ2) is 5.37. The number of carbonyl (C=O) groups excluding carboxylic acids is 1. The van der Waals surface area contributed by atoms with Crippen LogP contribution >= 0.6 is 28.6 Å². The van der Waals surface area contributed by atoms with Gasteiger partial charge in [0.05, 0.1) is 33.8 Å². The summed E-state index contributed by atoms with van der Waals surface area (Å²) < 4.78 is 6.72. The van der Waals surface area contributed by atoms with Crippen molar-refractivity contribution < 1.29 is 9.53 Å². The fourth-order valence-electron chi connectivity index (χ4n) is 1.51. The molecule has 16 heavy (non-hydrogen) atoms. The van der Waals surface area contributed by atoms with E-state index in [9.17, 15) is 4.79 Å². The van der Waals surface area contributed by atoms with Crippen molar-refractivity contribution in [1.82, 2.24) is 3.59 Å². The zero-order chi connectivity index (χ0) is 10.8. The summed E-state index contributed by atoms with van der Waals surface area (Å²) in [6.45, 7) is 2.19. The molecule has 0 saturated heterocycles. The third kappa shape index (κ3) is 2.23. The highest BCUT2D eigenvalue weighted by Gasteiger charge is 2.14.